The molecular formula is C15H14N4O4S. The van der Waals surface area contributed by atoms with E-state index in [4.69, 9.17) is 0 Å². The van der Waals surface area contributed by atoms with Gasteiger partial charge in [0.1, 0.15) is 12.2 Å². The van der Waals surface area contributed by atoms with E-state index in [-0.39, 0.29) is 10.6 Å². The van der Waals surface area contributed by atoms with Crippen LogP contribution in [0, 0.1) is 0 Å². The molecule has 0 aliphatic rings. The van der Waals surface area contributed by atoms with E-state index in [9.17, 15) is 18.3 Å². The Hall–Kier alpha value is -2.78. The molecule has 0 aliphatic heterocycles. The predicted molar refractivity (Wildman–Crippen MR) is 86.3 cm³/mol. The molecule has 0 bridgehead atoms. The molecule has 0 amide bonds. The molecule has 1 N–H and O–H groups in total. The van der Waals surface area contributed by atoms with Gasteiger partial charge in [0.25, 0.3) is 0 Å². The molecule has 0 atom stereocenters. The van der Waals surface area contributed by atoms with Gasteiger partial charge in [-0.3, -0.25) is 4.40 Å². The van der Waals surface area contributed by atoms with Crippen LogP contribution in [0.5, 0.6) is 0 Å². The number of carboxylic acids is 1. The van der Waals surface area contributed by atoms with Crippen molar-refractivity contribution in [2.45, 2.75) is 4.90 Å². The van der Waals surface area contributed by atoms with Crippen molar-refractivity contribution < 1.29 is 18.3 Å². The number of benzene rings is 1. The molecular weight excluding hydrogens is 332 g/mol. The molecule has 8 nitrogen and oxygen atoms in total. The fraction of sp³-hybridized carbons (Fsp3) is 0.133. The fourth-order valence-corrected chi connectivity index (χ4v) is 3.19. The van der Waals surface area contributed by atoms with E-state index < -0.39 is 16.0 Å². The number of rotatable bonds is 4. The number of sulfonamides is 1. The van der Waals surface area contributed by atoms with Crippen LogP contribution in [-0.2, 0) is 10.0 Å². The third-order valence-corrected chi connectivity index (χ3v) is 5.37. The zero-order valence-electron chi connectivity index (χ0n) is 12.9. The zero-order chi connectivity index (χ0) is 17.5. The second-order valence-electron chi connectivity index (χ2n) is 5.24. The maximum absolute atomic E-state index is 12.1. The van der Waals surface area contributed by atoms with E-state index in [1.807, 2.05) is 0 Å². The Morgan fingerprint density at radius 2 is 1.83 bits per heavy atom. The molecule has 0 aliphatic carbocycles. The van der Waals surface area contributed by atoms with E-state index in [0.717, 1.165) is 4.31 Å². The molecule has 24 heavy (non-hydrogen) atoms. The summed E-state index contributed by atoms with van der Waals surface area (Å²) >= 11 is 0. The van der Waals surface area contributed by atoms with Crippen LogP contribution >= 0.6 is 0 Å². The van der Waals surface area contributed by atoms with E-state index >= 15 is 0 Å². The second-order valence-corrected chi connectivity index (χ2v) is 7.39. The summed E-state index contributed by atoms with van der Waals surface area (Å²) in [6.07, 6.45) is 2.95. The molecule has 124 valence electrons. The first kappa shape index (κ1) is 16.1. The van der Waals surface area contributed by atoms with Crippen LogP contribution in [-0.4, -0.2) is 52.3 Å². The van der Waals surface area contributed by atoms with Gasteiger partial charge >= 0.3 is 5.97 Å². The summed E-state index contributed by atoms with van der Waals surface area (Å²) in [5.74, 6) is -0.763. The summed E-state index contributed by atoms with van der Waals surface area (Å²) in [5, 5.41) is 9.27. The van der Waals surface area contributed by atoms with Crippen molar-refractivity contribution in [2.24, 2.45) is 0 Å². The van der Waals surface area contributed by atoms with Crippen molar-refractivity contribution in [3.8, 4) is 11.4 Å². The van der Waals surface area contributed by atoms with Gasteiger partial charge in [0.15, 0.2) is 5.69 Å². The predicted octanol–water partition coefficient (Wildman–Crippen LogP) is 1.34. The average Bonchev–Trinajstić information content (AvgIpc) is 2.94. The van der Waals surface area contributed by atoms with Crippen LogP contribution in [0.2, 0.25) is 0 Å². The first-order valence-corrected chi connectivity index (χ1v) is 8.34. The minimum Gasteiger partial charge on any atom is -0.476 e. The molecule has 0 saturated heterocycles. The lowest BCUT2D eigenvalue weighted by molar-refractivity contribution is 0.0693. The molecule has 9 heteroatoms. The van der Waals surface area contributed by atoms with Gasteiger partial charge in [0, 0.05) is 25.9 Å². The van der Waals surface area contributed by atoms with Gasteiger partial charge in [-0.1, -0.05) is 0 Å². The highest BCUT2D eigenvalue weighted by atomic mass is 32.2. The summed E-state index contributed by atoms with van der Waals surface area (Å²) in [4.78, 5) is 19.6. The Bertz CT molecular complexity index is 1020. The molecule has 3 rings (SSSR count). The van der Waals surface area contributed by atoms with E-state index in [1.165, 1.54) is 38.8 Å². The number of imidazole rings is 1. The molecule has 1 aromatic carbocycles. The second kappa shape index (κ2) is 5.69. The molecule has 2 heterocycles. The van der Waals surface area contributed by atoms with E-state index in [2.05, 4.69) is 9.97 Å². The maximum Gasteiger partial charge on any atom is 0.356 e. The molecule has 0 unspecified atom stereocenters. The van der Waals surface area contributed by atoms with Gasteiger partial charge in [0.2, 0.25) is 10.0 Å². The SMILES string of the molecule is CN(C)S(=O)(=O)c1ccc(-c2nc(C(=O)O)c3ccncn23)cc1. The monoisotopic (exact) mass is 346 g/mol. The van der Waals surface area contributed by atoms with Crippen LogP contribution in [0.1, 0.15) is 10.5 Å². The highest BCUT2D eigenvalue weighted by molar-refractivity contribution is 7.89. The largest absolute Gasteiger partial charge is 0.476 e. The van der Waals surface area contributed by atoms with Gasteiger partial charge in [-0.15, -0.1) is 0 Å². The Morgan fingerprint density at radius 1 is 1.17 bits per heavy atom. The van der Waals surface area contributed by atoms with E-state index in [1.54, 1.807) is 22.6 Å². The molecule has 0 radical (unpaired) electrons. The van der Waals surface area contributed by atoms with Gasteiger partial charge in [-0.25, -0.2) is 27.5 Å². The number of carbonyl (C=O) groups is 1. The first-order chi connectivity index (χ1) is 11.3. The molecule has 0 spiro atoms. The van der Waals surface area contributed by atoms with Crippen molar-refractivity contribution in [2.75, 3.05) is 14.1 Å². The van der Waals surface area contributed by atoms with Crippen molar-refractivity contribution >= 4 is 21.5 Å². The summed E-state index contributed by atoms with van der Waals surface area (Å²) < 4.78 is 26.9. The Labute approximate surface area is 138 Å². The Balaban J connectivity index is 2.14. The summed E-state index contributed by atoms with van der Waals surface area (Å²) in [5.41, 5.74) is 0.915. The molecule has 0 fully saturated rings. The topological polar surface area (TPSA) is 105 Å². The molecule has 0 saturated carbocycles. The number of carboxylic acid groups (broad SMARTS) is 1. The lowest BCUT2D eigenvalue weighted by Gasteiger charge is -2.11. The normalized spacial score (nSPS) is 12.0. The van der Waals surface area contributed by atoms with E-state index in [0.29, 0.717) is 16.9 Å². The van der Waals surface area contributed by atoms with Crippen LogP contribution in [0.3, 0.4) is 0 Å². The fourth-order valence-electron chi connectivity index (χ4n) is 2.29. The summed E-state index contributed by atoms with van der Waals surface area (Å²) in [6, 6.07) is 7.66. The zero-order valence-corrected chi connectivity index (χ0v) is 13.7. The van der Waals surface area contributed by atoms with Gasteiger partial charge in [0.05, 0.1) is 10.4 Å². The Kier molecular flexibility index (Phi) is 3.82. The van der Waals surface area contributed by atoms with Crippen LogP contribution in [0.4, 0.5) is 0 Å². The van der Waals surface area contributed by atoms with Crippen molar-refractivity contribution in [3.63, 3.8) is 0 Å². The van der Waals surface area contributed by atoms with Crippen molar-refractivity contribution in [1.82, 2.24) is 18.7 Å². The maximum atomic E-state index is 12.1. The molecule has 2 aromatic heterocycles. The lowest BCUT2D eigenvalue weighted by atomic mass is 10.2. The third kappa shape index (κ3) is 2.53. The standard InChI is InChI=1S/C15H14N4O4S/c1-18(2)24(22,23)11-5-3-10(4-6-11)14-17-13(15(20)21)12-7-8-16-9-19(12)14/h3-9H,1-2H3,(H,20,21). The number of aromatic carboxylic acids is 1. The average molecular weight is 346 g/mol. The minimum atomic E-state index is -3.53. The van der Waals surface area contributed by atoms with Gasteiger partial charge in [-0.05, 0) is 30.3 Å². The third-order valence-electron chi connectivity index (χ3n) is 3.54. The number of nitrogens with zero attached hydrogens (tertiary/aromatic N) is 4. The highest BCUT2D eigenvalue weighted by Gasteiger charge is 2.20. The van der Waals surface area contributed by atoms with Crippen LogP contribution in [0.15, 0.2) is 47.8 Å². The van der Waals surface area contributed by atoms with Gasteiger partial charge in [-0.2, -0.15) is 0 Å². The number of fused-ring (bicyclic) bond motifs is 1. The van der Waals surface area contributed by atoms with Crippen LogP contribution < -0.4 is 0 Å². The lowest BCUT2D eigenvalue weighted by Crippen LogP contribution is -2.22. The number of hydrogen-bond acceptors (Lipinski definition) is 5. The smallest absolute Gasteiger partial charge is 0.356 e. The van der Waals surface area contributed by atoms with Crippen molar-refractivity contribution in [1.29, 1.82) is 0 Å². The molecule has 3 aromatic rings. The first-order valence-electron chi connectivity index (χ1n) is 6.90. The summed E-state index contributed by atoms with van der Waals surface area (Å²) in [6.45, 7) is 0. The number of hydrogen-bond donors (Lipinski definition) is 1. The number of aromatic nitrogens is 3. The van der Waals surface area contributed by atoms with Crippen molar-refractivity contribution in [3.05, 3.63) is 48.5 Å². The quantitative estimate of drug-likeness (QED) is 0.764. The Morgan fingerprint density at radius 3 is 2.42 bits per heavy atom. The summed E-state index contributed by atoms with van der Waals surface area (Å²) in [7, 11) is -0.618. The van der Waals surface area contributed by atoms with Gasteiger partial charge < -0.3 is 5.11 Å². The minimum absolute atomic E-state index is 0.0858. The highest BCUT2D eigenvalue weighted by Crippen LogP contribution is 2.24. The van der Waals surface area contributed by atoms with Crippen LogP contribution in [0.25, 0.3) is 16.9 Å².